The maximum Gasteiger partial charge on any atom is 0.402 e. The Hall–Kier alpha value is -2.22. The van der Waals surface area contributed by atoms with Gasteiger partial charge in [0, 0.05) is 14.2 Å². The summed E-state index contributed by atoms with van der Waals surface area (Å²) in [6.45, 7) is 7.35. The van der Waals surface area contributed by atoms with Gasteiger partial charge >= 0.3 is 12.0 Å². The highest BCUT2D eigenvalue weighted by Crippen LogP contribution is 2.34. The molecular formula is C15H22N5O3+. The van der Waals surface area contributed by atoms with E-state index in [0.29, 0.717) is 12.4 Å². The molecule has 0 radical (unpaired) electrons. The van der Waals surface area contributed by atoms with E-state index in [-0.39, 0.29) is 18.5 Å². The molecule has 0 aliphatic carbocycles. The smallest absolute Gasteiger partial charge is 0.383 e. The molecule has 0 spiro atoms. The summed E-state index contributed by atoms with van der Waals surface area (Å²) in [7, 11) is 3.21. The van der Waals surface area contributed by atoms with Crippen LogP contribution in [0.15, 0.2) is 4.99 Å². The van der Waals surface area contributed by atoms with E-state index in [1.807, 2.05) is 25.3 Å². The molecule has 0 saturated carbocycles. The molecule has 0 bridgehead atoms. The van der Waals surface area contributed by atoms with E-state index in [0.717, 1.165) is 23.9 Å². The zero-order valence-electron chi connectivity index (χ0n) is 14.2. The number of urea groups is 1. The fourth-order valence-electron chi connectivity index (χ4n) is 3.27. The van der Waals surface area contributed by atoms with Gasteiger partial charge in [0.25, 0.3) is 5.91 Å². The second-order valence-electron chi connectivity index (χ2n) is 5.78. The van der Waals surface area contributed by atoms with Gasteiger partial charge in [-0.2, -0.15) is 0 Å². The summed E-state index contributed by atoms with van der Waals surface area (Å²) in [5, 5.41) is 0. The van der Waals surface area contributed by atoms with Crippen LogP contribution in [-0.4, -0.2) is 59.4 Å². The first-order valence-corrected chi connectivity index (χ1v) is 7.71. The number of likely N-dealkylation sites (N-methyl/N-ethyl adjacent to an activating group) is 1. The summed E-state index contributed by atoms with van der Waals surface area (Å²) in [6, 6.07) is -0.929. The zero-order valence-corrected chi connectivity index (χ0v) is 14.2. The predicted molar refractivity (Wildman–Crippen MR) is 82.7 cm³/mol. The molecule has 23 heavy (non-hydrogen) atoms. The molecule has 3 rings (SSSR count). The van der Waals surface area contributed by atoms with Crippen LogP contribution in [0.25, 0.3) is 0 Å². The molecular weight excluding hydrogens is 298 g/mol. The van der Waals surface area contributed by atoms with Crippen molar-refractivity contribution in [3.63, 3.8) is 0 Å². The summed E-state index contributed by atoms with van der Waals surface area (Å²) < 4.78 is 9.01. The number of carbonyl (C=O) groups excluding carboxylic acids is 2. The van der Waals surface area contributed by atoms with Crippen LogP contribution in [0.1, 0.15) is 24.4 Å². The van der Waals surface area contributed by atoms with E-state index in [4.69, 9.17) is 4.74 Å². The van der Waals surface area contributed by atoms with Crippen molar-refractivity contribution in [1.29, 1.82) is 0 Å². The topological polar surface area (TPSA) is 71.0 Å². The number of aromatic nitrogens is 2. The van der Waals surface area contributed by atoms with Gasteiger partial charge in [-0.25, -0.2) is 13.9 Å². The lowest BCUT2D eigenvalue weighted by molar-refractivity contribution is -0.685. The Labute approximate surface area is 134 Å². The van der Waals surface area contributed by atoms with Gasteiger partial charge in [-0.1, -0.05) is 4.99 Å². The molecule has 1 atom stereocenters. The Morgan fingerprint density at radius 2 is 2.00 bits per heavy atom. The van der Waals surface area contributed by atoms with Crippen LogP contribution in [-0.2, 0) is 16.1 Å². The number of imide groups is 1. The lowest BCUT2D eigenvalue weighted by atomic mass is 10.1. The summed E-state index contributed by atoms with van der Waals surface area (Å²) >= 11 is 0. The average Bonchev–Trinajstić information content (AvgIpc) is 3.02. The van der Waals surface area contributed by atoms with Gasteiger partial charge in [0.05, 0.1) is 19.7 Å². The number of hydrogen-bond donors (Lipinski definition) is 0. The maximum atomic E-state index is 12.9. The van der Waals surface area contributed by atoms with E-state index in [9.17, 15) is 9.59 Å². The Balaban J connectivity index is 2.10. The Morgan fingerprint density at radius 1 is 1.30 bits per heavy atom. The van der Waals surface area contributed by atoms with Gasteiger partial charge in [-0.15, -0.1) is 0 Å². The van der Waals surface area contributed by atoms with Crippen LogP contribution < -0.4 is 4.57 Å². The molecule has 0 N–H and O–H groups in total. The van der Waals surface area contributed by atoms with Crippen molar-refractivity contribution >= 4 is 23.7 Å². The zero-order chi connectivity index (χ0) is 16.9. The van der Waals surface area contributed by atoms with Crippen molar-refractivity contribution in [2.24, 2.45) is 4.99 Å². The SMILES string of the molecule is CC[n+]1c(C)c(C)n2c1N=C1C2C(=O)N(CCOC)C(=O)N1C. The molecule has 2 aliphatic heterocycles. The van der Waals surface area contributed by atoms with Crippen LogP contribution in [0.5, 0.6) is 0 Å². The molecule has 124 valence electrons. The van der Waals surface area contributed by atoms with Gasteiger partial charge in [-0.3, -0.25) is 14.6 Å². The van der Waals surface area contributed by atoms with Gasteiger partial charge in [-0.05, 0) is 20.8 Å². The third-order valence-electron chi connectivity index (χ3n) is 4.66. The maximum absolute atomic E-state index is 12.9. The molecule has 8 heteroatoms. The molecule has 1 aromatic heterocycles. The number of methoxy groups -OCH3 is 1. The van der Waals surface area contributed by atoms with E-state index in [1.165, 1.54) is 9.80 Å². The number of carbonyl (C=O) groups is 2. The first kappa shape index (κ1) is 15.7. The Kier molecular flexibility index (Phi) is 3.71. The monoisotopic (exact) mass is 320 g/mol. The van der Waals surface area contributed by atoms with Crippen molar-refractivity contribution in [1.82, 2.24) is 14.4 Å². The average molecular weight is 320 g/mol. The van der Waals surface area contributed by atoms with Crippen LogP contribution in [0, 0.1) is 13.8 Å². The minimum atomic E-state index is -0.573. The lowest BCUT2D eigenvalue weighted by Crippen LogP contribution is -2.58. The summed E-state index contributed by atoms with van der Waals surface area (Å²) in [4.78, 5) is 32.6. The Bertz CT molecular complexity index is 721. The molecule has 1 aromatic rings. The fourth-order valence-corrected chi connectivity index (χ4v) is 3.27. The number of nitrogens with zero attached hydrogens (tertiary/aromatic N) is 5. The highest BCUT2D eigenvalue weighted by Gasteiger charge is 2.53. The number of fused-ring (bicyclic) bond motifs is 3. The molecule has 2 aliphatic rings. The molecule has 1 fully saturated rings. The largest absolute Gasteiger partial charge is 0.402 e. The molecule has 3 amide bonds. The van der Waals surface area contributed by atoms with Gasteiger partial charge in [0.15, 0.2) is 0 Å². The van der Waals surface area contributed by atoms with Gasteiger partial charge in [0.1, 0.15) is 11.4 Å². The fraction of sp³-hybridized carbons (Fsp3) is 0.600. The number of rotatable bonds is 4. The van der Waals surface area contributed by atoms with Crippen molar-refractivity contribution in [3.8, 4) is 0 Å². The third-order valence-corrected chi connectivity index (χ3v) is 4.66. The van der Waals surface area contributed by atoms with E-state index < -0.39 is 6.04 Å². The second-order valence-corrected chi connectivity index (χ2v) is 5.78. The number of imidazole rings is 1. The molecule has 1 saturated heterocycles. The highest BCUT2D eigenvalue weighted by molar-refractivity contribution is 6.20. The molecule has 8 nitrogen and oxygen atoms in total. The second kappa shape index (κ2) is 5.45. The molecule has 3 heterocycles. The van der Waals surface area contributed by atoms with Crippen LogP contribution in [0.4, 0.5) is 10.7 Å². The normalized spacial score (nSPS) is 20.0. The van der Waals surface area contributed by atoms with Crippen LogP contribution >= 0.6 is 0 Å². The van der Waals surface area contributed by atoms with Crippen molar-refractivity contribution in [2.45, 2.75) is 33.4 Å². The number of amidine groups is 1. The standard InChI is InChI=1S/C15H22N5O3/c1-6-18-9(2)10(3)20-11-12(16-14(18)20)17(4)15(22)19(13(11)21)7-8-23-5/h11H,6-8H2,1-5H3/q+1. The summed E-state index contributed by atoms with van der Waals surface area (Å²) in [6.07, 6.45) is 0. The third kappa shape index (κ3) is 2.01. The first-order valence-electron chi connectivity index (χ1n) is 7.71. The summed E-state index contributed by atoms with van der Waals surface area (Å²) in [5.74, 6) is 0.974. The highest BCUT2D eigenvalue weighted by atomic mass is 16.5. The van der Waals surface area contributed by atoms with Crippen molar-refractivity contribution < 1.29 is 18.9 Å². The van der Waals surface area contributed by atoms with Gasteiger partial charge in [0.2, 0.25) is 11.9 Å². The lowest BCUT2D eigenvalue weighted by Gasteiger charge is -2.33. The molecule has 1 unspecified atom stereocenters. The van der Waals surface area contributed by atoms with E-state index in [2.05, 4.69) is 9.56 Å². The Morgan fingerprint density at radius 3 is 2.61 bits per heavy atom. The van der Waals surface area contributed by atoms with Crippen molar-refractivity contribution in [2.75, 3.05) is 27.3 Å². The number of amides is 3. The number of hydrogen-bond acceptors (Lipinski definition) is 4. The first-order chi connectivity index (χ1) is 10.9. The number of ether oxygens (including phenoxy) is 1. The van der Waals surface area contributed by atoms with Gasteiger partial charge < -0.3 is 4.74 Å². The molecule has 0 aromatic carbocycles. The number of aliphatic imine (C=N–C) groups is 1. The van der Waals surface area contributed by atoms with Crippen LogP contribution in [0.3, 0.4) is 0 Å². The predicted octanol–water partition coefficient (Wildman–Crippen LogP) is 0.537. The van der Waals surface area contributed by atoms with E-state index >= 15 is 0 Å². The minimum Gasteiger partial charge on any atom is -0.383 e. The van der Waals surface area contributed by atoms with Crippen LogP contribution in [0.2, 0.25) is 0 Å². The quantitative estimate of drug-likeness (QED) is 0.760. The van der Waals surface area contributed by atoms with Crippen molar-refractivity contribution in [3.05, 3.63) is 11.4 Å². The van der Waals surface area contributed by atoms with E-state index in [1.54, 1.807) is 14.2 Å². The summed E-state index contributed by atoms with van der Waals surface area (Å²) in [5.41, 5.74) is 2.08. The minimum absolute atomic E-state index is 0.241.